The predicted molar refractivity (Wildman–Crippen MR) is 53.8 cm³/mol. The first kappa shape index (κ1) is 11.6. The number of amides is 1. The van der Waals surface area contributed by atoms with Crippen molar-refractivity contribution in [3.05, 3.63) is 11.7 Å². The van der Waals surface area contributed by atoms with E-state index in [1.807, 2.05) is 13.8 Å². The van der Waals surface area contributed by atoms with Crippen molar-refractivity contribution in [2.24, 2.45) is 5.73 Å². The van der Waals surface area contributed by atoms with Crippen molar-refractivity contribution >= 4 is 5.91 Å². The van der Waals surface area contributed by atoms with E-state index in [9.17, 15) is 4.79 Å². The number of aryl methyl sites for hydroxylation is 1. The van der Waals surface area contributed by atoms with Crippen LogP contribution in [0.25, 0.3) is 0 Å². The molecule has 0 unspecified atom stereocenters. The summed E-state index contributed by atoms with van der Waals surface area (Å²) in [7, 11) is 0. The second kappa shape index (κ2) is 4.39. The summed E-state index contributed by atoms with van der Waals surface area (Å²) >= 11 is 0. The van der Waals surface area contributed by atoms with Gasteiger partial charge in [-0.3, -0.25) is 4.79 Å². The topological polar surface area (TPSA) is 94.0 Å². The van der Waals surface area contributed by atoms with Gasteiger partial charge in [0.05, 0.1) is 6.54 Å². The lowest BCUT2D eigenvalue weighted by Gasteiger charge is -2.23. The highest BCUT2D eigenvalue weighted by atomic mass is 16.5. The number of nitrogens with zero attached hydrogens (tertiary/aromatic N) is 2. The van der Waals surface area contributed by atoms with Crippen molar-refractivity contribution in [2.75, 3.05) is 0 Å². The zero-order valence-electron chi connectivity index (χ0n) is 9.20. The molecule has 0 aliphatic rings. The fourth-order valence-electron chi connectivity index (χ4n) is 1.23. The standard InChI is InChI=1S/C9H16N4O2/c1-6-12-8(13-15-6)5-11-9(2,3)4-7(10)14/h11H,4-5H2,1-3H3,(H2,10,14). The number of primary amides is 1. The maximum Gasteiger partial charge on any atom is 0.223 e. The second-order valence-electron chi connectivity index (χ2n) is 4.11. The molecule has 1 aromatic heterocycles. The molecule has 0 aliphatic carbocycles. The van der Waals surface area contributed by atoms with Gasteiger partial charge in [0.25, 0.3) is 0 Å². The molecule has 1 heterocycles. The average Bonchev–Trinajstić information content (AvgIpc) is 2.46. The number of carbonyl (C=O) groups is 1. The molecular weight excluding hydrogens is 196 g/mol. The van der Waals surface area contributed by atoms with Crippen LogP contribution in [0.15, 0.2) is 4.52 Å². The molecular formula is C9H16N4O2. The molecule has 0 saturated carbocycles. The van der Waals surface area contributed by atoms with Gasteiger partial charge in [-0.05, 0) is 13.8 Å². The van der Waals surface area contributed by atoms with Gasteiger partial charge in [-0.15, -0.1) is 0 Å². The van der Waals surface area contributed by atoms with Crippen molar-refractivity contribution in [3.63, 3.8) is 0 Å². The molecule has 0 bridgehead atoms. The maximum atomic E-state index is 10.8. The van der Waals surface area contributed by atoms with Gasteiger partial charge in [-0.2, -0.15) is 4.98 Å². The van der Waals surface area contributed by atoms with Crippen LogP contribution in [0.3, 0.4) is 0 Å². The minimum absolute atomic E-state index is 0.268. The molecule has 3 N–H and O–H groups in total. The number of rotatable bonds is 5. The summed E-state index contributed by atoms with van der Waals surface area (Å²) in [6.07, 6.45) is 0.268. The Bertz CT molecular complexity index is 346. The Morgan fingerprint density at radius 1 is 1.60 bits per heavy atom. The van der Waals surface area contributed by atoms with E-state index < -0.39 is 0 Å². The molecule has 84 valence electrons. The Morgan fingerprint density at radius 2 is 2.27 bits per heavy atom. The molecule has 1 aromatic rings. The normalized spacial score (nSPS) is 11.7. The first-order valence-corrected chi connectivity index (χ1v) is 4.71. The fraction of sp³-hybridized carbons (Fsp3) is 0.667. The summed E-state index contributed by atoms with van der Waals surface area (Å²) in [6.45, 7) is 5.97. The van der Waals surface area contributed by atoms with E-state index in [0.29, 0.717) is 18.3 Å². The Hall–Kier alpha value is -1.43. The van der Waals surface area contributed by atoms with Crippen molar-refractivity contribution in [2.45, 2.75) is 39.3 Å². The van der Waals surface area contributed by atoms with Gasteiger partial charge in [0.2, 0.25) is 11.8 Å². The second-order valence-corrected chi connectivity index (χ2v) is 4.11. The quantitative estimate of drug-likeness (QED) is 0.723. The molecule has 6 nitrogen and oxygen atoms in total. The molecule has 0 atom stereocenters. The number of nitrogens with two attached hydrogens (primary N) is 1. The molecule has 0 saturated heterocycles. The first-order valence-electron chi connectivity index (χ1n) is 4.71. The van der Waals surface area contributed by atoms with Crippen LogP contribution in [0.1, 0.15) is 32.0 Å². The number of nitrogens with one attached hydrogen (secondary N) is 1. The summed E-state index contributed by atoms with van der Waals surface area (Å²) in [6, 6.07) is 0. The molecule has 0 aliphatic heterocycles. The minimum atomic E-state index is -0.361. The van der Waals surface area contributed by atoms with Gasteiger partial charge >= 0.3 is 0 Å². The van der Waals surface area contributed by atoms with E-state index in [1.165, 1.54) is 0 Å². The van der Waals surface area contributed by atoms with Crippen LogP contribution < -0.4 is 11.1 Å². The SMILES string of the molecule is Cc1nc(CNC(C)(C)CC(N)=O)no1. The van der Waals surface area contributed by atoms with Crippen molar-refractivity contribution in [1.82, 2.24) is 15.5 Å². The van der Waals surface area contributed by atoms with Crippen LogP contribution in [-0.4, -0.2) is 21.6 Å². The highest BCUT2D eigenvalue weighted by molar-refractivity contribution is 5.74. The molecule has 0 spiro atoms. The Labute approximate surface area is 88.2 Å². The molecule has 0 radical (unpaired) electrons. The molecule has 0 aromatic carbocycles. The maximum absolute atomic E-state index is 10.8. The monoisotopic (exact) mass is 212 g/mol. The van der Waals surface area contributed by atoms with Crippen molar-refractivity contribution < 1.29 is 9.32 Å². The molecule has 6 heteroatoms. The smallest absolute Gasteiger partial charge is 0.223 e. The van der Waals surface area contributed by atoms with Gasteiger partial charge in [-0.1, -0.05) is 5.16 Å². The van der Waals surface area contributed by atoms with Crippen LogP contribution in [0.2, 0.25) is 0 Å². The third kappa shape index (κ3) is 4.07. The van der Waals surface area contributed by atoms with Crippen LogP contribution in [0.4, 0.5) is 0 Å². The zero-order valence-corrected chi connectivity index (χ0v) is 9.20. The van der Waals surface area contributed by atoms with Crippen LogP contribution in [0.5, 0.6) is 0 Å². The largest absolute Gasteiger partial charge is 0.370 e. The van der Waals surface area contributed by atoms with E-state index in [4.69, 9.17) is 10.3 Å². The Morgan fingerprint density at radius 3 is 2.73 bits per heavy atom. The van der Waals surface area contributed by atoms with E-state index in [1.54, 1.807) is 6.92 Å². The van der Waals surface area contributed by atoms with Crippen LogP contribution in [0, 0.1) is 6.92 Å². The summed E-state index contributed by atoms with van der Waals surface area (Å²) in [4.78, 5) is 14.8. The molecule has 1 amide bonds. The predicted octanol–water partition coefficient (Wildman–Crippen LogP) is 0.122. The highest BCUT2D eigenvalue weighted by Gasteiger charge is 2.20. The fourth-order valence-corrected chi connectivity index (χ4v) is 1.23. The highest BCUT2D eigenvalue weighted by Crippen LogP contribution is 2.08. The number of hydrogen-bond donors (Lipinski definition) is 2. The first-order chi connectivity index (χ1) is 6.89. The average molecular weight is 212 g/mol. The lowest BCUT2D eigenvalue weighted by molar-refractivity contribution is -0.119. The molecule has 1 rings (SSSR count). The van der Waals surface area contributed by atoms with Gasteiger partial charge in [0.15, 0.2) is 5.82 Å². The summed E-state index contributed by atoms with van der Waals surface area (Å²) in [5.74, 6) is 0.765. The Balaban J connectivity index is 2.45. The van der Waals surface area contributed by atoms with E-state index in [0.717, 1.165) is 0 Å². The van der Waals surface area contributed by atoms with Crippen molar-refractivity contribution in [1.29, 1.82) is 0 Å². The Kier molecular flexibility index (Phi) is 3.41. The lowest BCUT2D eigenvalue weighted by Crippen LogP contribution is -2.42. The molecule has 0 fully saturated rings. The lowest BCUT2D eigenvalue weighted by atomic mass is 10.0. The van der Waals surface area contributed by atoms with Crippen molar-refractivity contribution in [3.8, 4) is 0 Å². The minimum Gasteiger partial charge on any atom is -0.370 e. The van der Waals surface area contributed by atoms with E-state index in [2.05, 4.69) is 15.5 Å². The third-order valence-corrected chi connectivity index (χ3v) is 1.91. The van der Waals surface area contributed by atoms with Gasteiger partial charge < -0.3 is 15.6 Å². The summed E-state index contributed by atoms with van der Waals surface area (Å²) in [5, 5.41) is 6.87. The zero-order chi connectivity index (χ0) is 11.5. The number of carbonyl (C=O) groups excluding carboxylic acids is 1. The van der Waals surface area contributed by atoms with Crippen LogP contribution >= 0.6 is 0 Å². The number of hydrogen-bond acceptors (Lipinski definition) is 5. The van der Waals surface area contributed by atoms with Crippen LogP contribution in [-0.2, 0) is 11.3 Å². The summed E-state index contributed by atoms with van der Waals surface area (Å²) < 4.78 is 4.82. The van der Waals surface area contributed by atoms with E-state index >= 15 is 0 Å². The summed E-state index contributed by atoms with van der Waals surface area (Å²) in [5.41, 5.74) is 4.76. The third-order valence-electron chi connectivity index (χ3n) is 1.91. The number of aromatic nitrogens is 2. The molecule has 15 heavy (non-hydrogen) atoms. The van der Waals surface area contributed by atoms with Gasteiger partial charge in [0.1, 0.15) is 0 Å². The van der Waals surface area contributed by atoms with Gasteiger partial charge in [-0.25, -0.2) is 0 Å². The van der Waals surface area contributed by atoms with Gasteiger partial charge in [0, 0.05) is 18.9 Å². The van der Waals surface area contributed by atoms with E-state index in [-0.39, 0.29) is 17.9 Å².